The average molecular weight is 289 g/mol. The molecule has 5 nitrogen and oxygen atoms in total. The zero-order chi connectivity index (χ0) is 14.6. The molecule has 0 aliphatic rings. The molecule has 0 bridgehead atoms. The second-order valence-electron chi connectivity index (χ2n) is 4.42. The first-order chi connectivity index (χ1) is 8.77. The van der Waals surface area contributed by atoms with Gasteiger partial charge in [-0.05, 0) is 32.6 Å². The lowest BCUT2D eigenvalue weighted by Gasteiger charge is -2.15. The van der Waals surface area contributed by atoms with Crippen LogP contribution in [0.5, 0.6) is 0 Å². The quantitative estimate of drug-likeness (QED) is 0.765. The molecule has 108 valence electrons. The minimum absolute atomic E-state index is 0.0746. The third-order valence-electron chi connectivity index (χ3n) is 2.93. The first kappa shape index (κ1) is 15.9. The van der Waals surface area contributed by atoms with Crippen LogP contribution in [-0.4, -0.2) is 40.0 Å². The van der Waals surface area contributed by atoms with E-state index in [1.807, 2.05) is 18.9 Å². The highest BCUT2D eigenvalue weighted by molar-refractivity contribution is 7.89. The number of hydrogen-bond acceptors (Lipinski definition) is 4. The van der Waals surface area contributed by atoms with Crippen LogP contribution in [0.15, 0.2) is 17.0 Å². The van der Waals surface area contributed by atoms with E-state index in [0.29, 0.717) is 6.54 Å². The van der Waals surface area contributed by atoms with Crippen LogP contribution in [0.25, 0.3) is 0 Å². The molecule has 0 saturated heterocycles. The number of nitrogens with one attached hydrogen (secondary N) is 1. The third-order valence-corrected chi connectivity index (χ3v) is 4.52. The molecule has 0 aromatic heterocycles. The Hall–Kier alpha value is -1.18. The van der Waals surface area contributed by atoms with Crippen molar-refractivity contribution in [2.24, 2.45) is 0 Å². The van der Waals surface area contributed by atoms with Crippen LogP contribution in [0, 0.1) is 12.7 Å². The molecule has 0 saturated carbocycles. The summed E-state index contributed by atoms with van der Waals surface area (Å²) in [6.07, 6.45) is 0. The molecule has 0 unspecified atom stereocenters. The van der Waals surface area contributed by atoms with Gasteiger partial charge >= 0.3 is 0 Å². The minimum Gasteiger partial charge on any atom is -0.399 e. The van der Waals surface area contributed by atoms with Crippen LogP contribution in [-0.2, 0) is 10.0 Å². The summed E-state index contributed by atoms with van der Waals surface area (Å²) in [6.45, 7) is 5.07. The maximum atomic E-state index is 13.5. The normalized spacial score (nSPS) is 12.1. The average Bonchev–Trinajstić information content (AvgIpc) is 2.33. The fourth-order valence-corrected chi connectivity index (χ4v) is 2.87. The summed E-state index contributed by atoms with van der Waals surface area (Å²) >= 11 is 0. The molecule has 1 aromatic carbocycles. The molecule has 0 amide bonds. The van der Waals surface area contributed by atoms with Gasteiger partial charge in [-0.1, -0.05) is 6.92 Å². The second kappa shape index (κ2) is 6.31. The zero-order valence-electron chi connectivity index (χ0n) is 11.4. The summed E-state index contributed by atoms with van der Waals surface area (Å²) in [5, 5.41) is 0. The molecule has 3 N–H and O–H groups in total. The van der Waals surface area contributed by atoms with E-state index in [1.165, 1.54) is 13.0 Å². The largest absolute Gasteiger partial charge is 0.399 e. The van der Waals surface area contributed by atoms with Gasteiger partial charge in [0.25, 0.3) is 0 Å². The SMILES string of the molecule is CCN(C)CCNS(=O)(=O)c1cc(N)cc(F)c1C. The first-order valence-electron chi connectivity index (χ1n) is 6.01. The van der Waals surface area contributed by atoms with E-state index in [0.717, 1.165) is 12.6 Å². The number of halogens is 1. The highest BCUT2D eigenvalue weighted by atomic mass is 32.2. The van der Waals surface area contributed by atoms with E-state index in [9.17, 15) is 12.8 Å². The predicted octanol–water partition coefficient (Wildman–Crippen LogP) is 0.946. The van der Waals surface area contributed by atoms with Crippen molar-refractivity contribution in [1.29, 1.82) is 0 Å². The molecule has 0 radical (unpaired) electrons. The van der Waals surface area contributed by atoms with Gasteiger partial charge < -0.3 is 10.6 Å². The van der Waals surface area contributed by atoms with Gasteiger partial charge in [0.05, 0.1) is 4.90 Å². The van der Waals surface area contributed by atoms with E-state index in [1.54, 1.807) is 0 Å². The van der Waals surface area contributed by atoms with Crippen molar-refractivity contribution in [3.63, 3.8) is 0 Å². The monoisotopic (exact) mass is 289 g/mol. The summed E-state index contributed by atoms with van der Waals surface area (Å²) in [5.41, 5.74) is 5.65. The van der Waals surface area contributed by atoms with Crippen LogP contribution >= 0.6 is 0 Å². The van der Waals surface area contributed by atoms with E-state index in [-0.39, 0.29) is 22.7 Å². The number of rotatable bonds is 6. The zero-order valence-corrected chi connectivity index (χ0v) is 12.2. The van der Waals surface area contributed by atoms with Crippen molar-refractivity contribution in [2.45, 2.75) is 18.7 Å². The summed E-state index contributed by atoms with van der Waals surface area (Å²) < 4.78 is 40.1. The Balaban J connectivity index is 2.89. The smallest absolute Gasteiger partial charge is 0.241 e. The van der Waals surface area contributed by atoms with Crippen LogP contribution in [0.2, 0.25) is 0 Å². The lowest BCUT2D eigenvalue weighted by Crippen LogP contribution is -2.33. The van der Waals surface area contributed by atoms with Crippen molar-refractivity contribution in [2.75, 3.05) is 32.4 Å². The Morgan fingerprint density at radius 1 is 1.42 bits per heavy atom. The summed E-state index contributed by atoms with van der Waals surface area (Å²) in [7, 11) is -1.85. The van der Waals surface area contributed by atoms with Crippen molar-refractivity contribution in [3.05, 3.63) is 23.5 Å². The molecule has 1 rings (SSSR count). The fraction of sp³-hybridized carbons (Fsp3) is 0.500. The molecule has 0 aliphatic heterocycles. The van der Waals surface area contributed by atoms with Crippen molar-refractivity contribution in [1.82, 2.24) is 9.62 Å². The Kier molecular flexibility index (Phi) is 5.28. The highest BCUT2D eigenvalue weighted by Crippen LogP contribution is 2.21. The first-order valence-corrected chi connectivity index (χ1v) is 7.50. The Morgan fingerprint density at radius 3 is 2.63 bits per heavy atom. The molecule has 0 spiro atoms. The topological polar surface area (TPSA) is 75.4 Å². The number of anilines is 1. The minimum atomic E-state index is -3.74. The highest BCUT2D eigenvalue weighted by Gasteiger charge is 2.19. The number of benzene rings is 1. The van der Waals surface area contributed by atoms with Gasteiger partial charge in [-0.25, -0.2) is 17.5 Å². The van der Waals surface area contributed by atoms with Crippen LogP contribution in [0.1, 0.15) is 12.5 Å². The van der Waals surface area contributed by atoms with E-state index >= 15 is 0 Å². The standard InChI is InChI=1S/C12H20FN3O2S/c1-4-16(3)6-5-15-19(17,18)12-8-10(14)7-11(13)9(12)2/h7-8,15H,4-6,14H2,1-3H3. The summed E-state index contributed by atoms with van der Waals surface area (Å²) in [5.74, 6) is -0.619. The summed E-state index contributed by atoms with van der Waals surface area (Å²) in [6, 6.07) is 2.38. The van der Waals surface area contributed by atoms with Gasteiger partial charge in [0.2, 0.25) is 10.0 Å². The number of sulfonamides is 1. The molecule has 0 fully saturated rings. The Bertz CT molecular complexity index is 546. The molecular formula is C12H20FN3O2S. The molecule has 0 aliphatic carbocycles. The molecule has 0 atom stereocenters. The Labute approximate surface area is 113 Å². The maximum absolute atomic E-state index is 13.5. The molecule has 19 heavy (non-hydrogen) atoms. The van der Waals surface area contributed by atoms with Gasteiger partial charge in [-0.2, -0.15) is 0 Å². The summed E-state index contributed by atoms with van der Waals surface area (Å²) in [4.78, 5) is 1.86. The lowest BCUT2D eigenvalue weighted by atomic mass is 10.2. The molecule has 7 heteroatoms. The van der Waals surface area contributed by atoms with Crippen molar-refractivity contribution >= 4 is 15.7 Å². The van der Waals surface area contributed by atoms with Gasteiger partial charge in [0, 0.05) is 24.3 Å². The van der Waals surface area contributed by atoms with Crippen molar-refractivity contribution < 1.29 is 12.8 Å². The second-order valence-corrected chi connectivity index (χ2v) is 6.15. The number of likely N-dealkylation sites (N-methyl/N-ethyl adjacent to an activating group) is 1. The van der Waals surface area contributed by atoms with E-state index in [2.05, 4.69) is 4.72 Å². The number of nitrogens with two attached hydrogens (primary N) is 1. The van der Waals surface area contributed by atoms with Gasteiger partial charge in [0.1, 0.15) is 5.82 Å². The van der Waals surface area contributed by atoms with Crippen molar-refractivity contribution in [3.8, 4) is 0 Å². The van der Waals surface area contributed by atoms with Crippen LogP contribution in [0.3, 0.4) is 0 Å². The van der Waals surface area contributed by atoms with E-state index in [4.69, 9.17) is 5.73 Å². The number of hydrogen-bond donors (Lipinski definition) is 2. The molecule has 0 heterocycles. The van der Waals surface area contributed by atoms with Gasteiger partial charge in [-0.3, -0.25) is 0 Å². The van der Waals surface area contributed by atoms with Crippen LogP contribution in [0.4, 0.5) is 10.1 Å². The van der Waals surface area contributed by atoms with Crippen LogP contribution < -0.4 is 10.5 Å². The van der Waals surface area contributed by atoms with Gasteiger partial charge in [-0.15, -0.1) is 0 Å². The molecule has 1 aromatic rings. The maximum Gasteiger partial charge on any atom is 0.241 e. The third kappa shape index (κ3) is 4.15. The number of nitrogen functional groups attached to an aromatic ring is 1. The molecular weight excluding hydrogens is 269 g/mol. The van der Waals surface area contributed by atoms with E-state index < -0.39 is 15.8 Å². The lowest BCUT2D eigenvalue weighted by molar-refractivity contribution is 0.358. The van der Waals surface area contributed by atoms with Gasteiger partial charge in [0.15, 0.2) is 0 Å². The predicted molar refractivity (Wildman–Crippen MR) is 73.9 cm³/mol. The fourth-order valence-electron chi connectivity index (χ4n) is 1.56. The Morgan fingerprint density at radius 2 is 2.05 bits per heavy atom. The number of nitrogens with zero attached hydrogens (tertiary/aromatic N) is 1.